The van der Waals surface area contributed by atoms with Crippen LogP contribution in [0, 0.1) is 6.92 Å². The van der Waals surface area contributed by atoms with E-state index >= 15 is 0 Å². The van der Waals surface area contributed by atoms with Crippen LogP contribution >= 0.6 is 11.8 Å². The van der Waals surface area contributed by atoms with E-state index in [1.165, 1.54) is 17.8 Å². The van der Waals surface area contributed by atoms with Crippen LogP contribution in [0.25, 0.3) is 0 Å². The quantitative estimate of drug-likeness (QED) is 0.500. The first-order valence-corrected chi connectivity index (χ1v) is 7.11. The second-order valence-electron chi connectivity index (χ2n) is 4.06. The zero-order valence-electron chi connectivity index (χ0n) is 10.8. The van der Waals surface area contributed by atoms with E-state index in [1.54, 1.807) is 0 Å². The summed E-state index contributed by atoms with van der Waals surface area (Å²) >= 11 is 1.54. The van der Waals surface area contributed by atoms with Crippen molar-refractivity contribution in [1.29, 1.82) is 0 Å². The molecule has 0 spiro atoms. The van der Waals surface area contributed by atoms with Gasteiger partial charge in [0.25, 0.3) is 5.56 Å². The summed E-state index contributed by atoms with van der Waals surface area (Å²) in [6, 6.07) is 11.2. The van der Waals surface area contributed by atoms with Crippen molar-refractivity contribution in [2.75, 3.05) is 12.4 Å². The maximum absolute atomic E-state index is 11.3. The van der Waals surface area contributed by atoms with E-state index in [1.807, 2.05) is 37.3 Å². The van der Waals surface area contributed by atoms with Crippen molar-refractivity contribution >= 4 is 11.8 Å². The number of aryl methyl sites for hydroxylation is 1. The minimum absolute atomic E-state index is 0.101. The Morgan fingerprint density at radius 3 is 2.84 bits per heavy atom. The van der Waals surface area contributed by atoms with Crippen LogP contribution in [0.5, 0.6) is 5.75 Å². The maximum Gasteiger partial charge on any atom is 0.251 e. The highest BCUT2D eigenvalue weighted by atomic mass is 32.2. The van der Waals surface area contributed by atoms with Crippen molar-refractivity contribution in [2.45, 2.75) is 18.5 Å². The molecular formula is C14H16N2O2S. The number of benzene rings is 1. The number of nitrogens with zero attached hydrogens (tertiary/aromatic N) is 1. The van der Waals surface area contributed by atoms with Gasteiger partial charge in [-0.2, -0.15) is 0 Å². The molecule has 0 aliphatic carbocycles. The molecule has 100 valence electrons. The van der Waals surface area contributed by atoms with Gasteiger partial charge >= 0.3 is 0 Å². The zero-order chi connectivity index (χ0) is 13.5. The third-order valence-corrected chi connectivity index (χ3v) is 3.35. The fraction of sp³-hybridized carbons (Fsp3) is 0.286. The average Bonchev–Trinajstić information content (AvgIpc) is 2.38. The first-order chi connectivity index (χ1) is 9.24. The van der Waals surface area contributed by atoms with Crippen LogP contribution in [0.3, 0.4) is 0 Å². The molecule has 1 aromatic heterocycles. The summed E-state index contributed by atoms with van der Waals surface area (Å²) < 4.78 is 5.59. The molecule has 4 nitrogen and oxygen atoms in total. The molecule has 0 amide bonds. The first-order valence-electron chi connectivity index (χ1n) is 6.12. The molecule has 1 N–H and O–H groups in total. The lowest BCUT2D eigenvalue weighted by Gasteiger charge is -2.05. The molecule has 1 aromatic carbocycles. The second-order valence-corrected chi connectivity index (χ2v) is 5.14. The van der Waals surface area contributed by atoms with Crippen molar-refractivity contribution in [3.8, 4) is 5.75 Å². The number of hydrogen-bond donors (Lipinski definition) is 1. The lowest BCUT2D eigenvalue weighted by atomic mass is 10.3. The van der Waals surface area contributed by atoms with Crippen LogP contribution in [-0.2, 0) is 0 Å². The number of rotatable bonds is 6. The number of H-pyrrole nitrogens is 1. The van der Waals surface area contributed by atoms with Crippen LogP contribution in [0.4, 0.5) is 0 Å². The van der Waals surface area contributed by atoms with Gasteiger partial charge in [-0.15, -0.1) is 0 Å². The summed E-state index contributed by atoms with van der Waals surface area (Å²) in [6.45, 7) is 2.48. The zero-order valence-corrected chi connectivity index (χ0v) is 11.6. The Kier molecular flexibility index (Phi) is 5.03. The van der Waals surface area contributed by atoms with Gasteiger partial charge in [-0.3, -0.25) is 4.79 Å². The first kappa shape index (κ1) is 13.7. The van der Waals surface area contributed by atoms with E-state index in [-0.39, 0.29) is 5.56 Å². The fourth-order valence-corrected chi connectivity index (χ4v) is 2.39. The SMILES string of the molecule is Cc1cc(=O)[nH]c(SCCCOc2ccccc2)n1. The fourth-order valence-electron chi connectivity index (χ4n) is 1.55. The molecule has 0 radical (unpaired) electrons. The molecule has 0 aliphatic rings. The molecule has 0 saturated heterocycles. The summed E-state index contributed by atoms with van der Waals surface area (Å²) in [6.07, 6.45) is 0.900. The largest absolute Gasteiger partial charge is 0.494 e. The molecule has 5 heteroatoms. The number of nitrogens with one attached hydrogen (secondary N) is 1. The summed E-state index contributed by atoms with van der Waals surface area (Å²) in [5.74, 6) is 1.74. The third kappa shape index (κ3) is 4.79. The Labute approximate surface area is 116 Å². The van der Waals surface area contributed by atoms with Gasteiger partial charge in [0.05, 0.1) is 6.61 Å². The Hall–Kier alpha value is -1.75. The highest BCUT2D eigenvalue weighted by Gasteiger charge is 1.99. The highest BCUT2D eigenvalue weighted by Crippen LogP contribution is 2.13. The van der Waals surface area contributed by atoms with Crippen molar-refractivity contribution in [1.82, 2.24) is 9.97 Å². The van der Waals surface area contributed by atoms with E-state index in [0.717, 1.165) is 23.6 Å². The molecule has 0 unspecified atom stereocenters. The van der Waals surface area contributed by atoms with E-state index in [4.69, 9.17) is 4.74 Å². The van der Waals surface area contributed by atoms with E-state index < -0.39 is 0 Å². The summed E-state index contributed by atoms with van der Waals surface area (Å²) in [5.41, 5.74) is 0.641. The van der Waals surface area contributed by atoms with E-state index in [9.17, 15) is 4.79 Å². The Bertz CT molecular complexity index is 569. The minimum atomic E-state index is -0.101. The van der Waals surface area contributed by atoms with Crippen molar-refractivity contribution < 1.29 is 4.74 Å². The van der Waals surface area contributed by atoms with Gasteiger partial charge in [-0.05, 0) is 25.5 Å². The van der Waals surface area contributed by atoms with E-state index in [0.29, 0.717) is 11.8 Å². The predicted molar refractivity (Wildman–Crippen MR) is 76.9 cm³/mol. The van der Waals surface area contributed by atoms with Crippen LogP contribution < -0.4 is 10.3 Å². The third-order valence-electron chi connectivity index (χ3n) is 2.39. The molecule has 0 bridgehead atoms. The van der Waals surface area contributed by atoms with Gasteiger partial charge in [0.2, 0.25) is 0 Å². The van der Waals surface area contributed by atoms with Crippen molar-refractivity contribution in [3.05, 3.63) is 52.4 Å². The van der Waals surface area contributed by atoms with Crippen molar-refractivity contribution in [2.24, 2.45) is 0 Å². The van der Waals surface area contributed by atoms with Crippen LogP contribution in [-0.4, -0.2) is 22.3 Å². The number of thioether (sulfide) groups is 1. The second kappa shape index (κ2) is 6.99. The molecule has 0 atom stereocenters. The van der Waals surface area contributed by atoms with Crippen LogP contribution in [0.2, 0.25) is 0 Å². The molecule has 19 heavy (non-hydrogen) atoms. The smallest absolute Gasteiger partial charge is 0.251 e. The number of ether oxygens (including phenoxy) is 1. The lowest BCUT2D eigenvalue weighted by molar-refractivity contribution is 0.318. The molecular weight excluding hydrogens is 260 g/mol. The molecule has 0 fully saturated rings. The predicted octanol–water partition coefficient (Wildman–Crippen LogP) is 2.64. The highest BCUT2D eigenvalue weighted by molar-refractivity contribution is 7.99. The normalized spacial score (nSPS) is 10.4. The maximum atomic E-state index is 11.3. The Morgan fingerprint density at radius 1 is 1.32 bits per heavy atom. The summed E-state index contributed by atoms with van der Waals surface area (Å²) in [4.78, 5) is 18.2. The van der Waals surface area contributed by atoms with Gasteiger partial charge in [-0.25, -0.2) is 4.98 Å². The van der Waals surface area contributed by atoms with Crippen LogP contribution in [0.15, 0.2) is 46.3 Å². The topological polar surface area (TPSA) is 55.0 Å². The molecule has 0 aliphatic heterocycles. The standard InChI is InChI=1S/C14H16N2O2S/c1-11-10-13(17)16-14(15-11)19-9-5-8-18-12-6-3-2-4-7-12/h2-4,6-7,10H,5,8-9H2,1H3,(H,15,16,17). The van der Waals surface area contributed by atoms with Crippen LogP contribution in [0.1, 0.15) is 12.1 Å². The number of hydrogen-bond acceptors (Lipinski definition) is 4. The van der Waals surface area contributed by atoms with Gasteiger partial charge in [0.15, 0.2) is 5.16 Å². The van der Waals surface area contributed by atoms with Gasteiger partial charge < -0.3 is 9.72 Å². The summed E-state index contributed by atoms with van der Waals surface area (Å²) in [5, 5.41) is 0.671. The van der Waals surface area contributed by atoms with Gasteiger partial charge in [0, 0.05) is 17.5 Å². The Morgan fingerprint density at radius 2 is 2.11 bits per heavy atom. The molecule has 2 rings (SSSR count). The summed E-state index contributed by atoms with van der Waals surface area (Å²) in [7, 11) is 0. The number of para-hydroxylation sites is 1. The van der Waals surface area contributed by atoms with E-state index in [2.05, 4.69) is 9.97 Å². The molecule has 2 aromatic rings. The van der Waals surface area contributed by atoms with Crippen molar-refractivity contribution in [3.63, 3.8) is 0 Å². The number of aromatic amines is 1. The average molecular weight is 276 g/mol. The Balaban J connectivity index is 1.71. The minimum Gasteiger partial charge on any atom is -0.494 e. The monoisotopic (exact) mass is 276 g/mol. The number of aromatic nitrogens is 2. The lowest BCUT2D eigenvalue weighted by Crippen LogP contribution is -2.08. The molecule has 1 heterocycles. The van der Waals surface area contributed by atoms with Gasteiger partial charge in [-0.1, -0.05) is 30.0 Å². The molecule has 0 saturated carbocycles. The van der Waals surface area contributed by atoms with Gasteiger partial charge in [0.1, 0.15) is 5.75 Å².